The van der Waals surface area contributed by atoms with Crippen LogP contribution in [0, 0.1) is 5.92 Å². The van der Waals surface area contributed by atoms with Crippen LogP contribution in [0.25, 0.3) is 0 Å². The first-order chi connectivity index (χ1) is 11.1. The molecule has 0 aliphatic carbocycles. The van der Waals surface area contributed by atoms with Crippen LogP contribution in [-0.2, 0) is 22.6 Å². The van der Waals surface area contributed by atoms with E-state index >= 15 is 0 Å². The number of aryl methyl sites for hydroxylation is 1. The summed E-state index contributed by atoms with van der Waals surface area (Å²) in [5, 5.41) is 20.0. The average Bonchev–Trinajstić information content (AvgIpc) is 2.63. The zero-order valence-corrected chi connectivity index (χ0v) is 17.5. The van der Waals surface area contributed by atoms with Crippen molar-refractivity contribution in [2.45, 2.75) is 45.1 Å². The Kier molecular flexibility index (Phi) is 10.3. The van der Waals surface area contributed by atoms with Gasteiger partial charge in [0.2, 0.25) is 5.91 Å². The van der Waals surface area contributed by atoms with Gasteiger partial charge in [-0.1, -0.05) is 30.7 Å². The predicted octanol–water partition coefficient (Wildman–Crippen LogP) is -2.12. The summed E-state index contributed by atoms with van der Waals surface area (Å²) in [7, 11) is 0. The van der Waals surface area contributed by atoms with E-state index in [0.29, 0.717) is 13.1 Å². The first-order valence-electron chi connectivity index (χ1n) is 8.25. The standard InChI is InChI=1S/C18H25NO4.K/c20-13-14(11-18(22)23)10-17(21)19-9-5-1-2-6-15-7-3-4-8-16(15)12-19;/h3-4,7-8,14,20H,1-2,5-6,9-13H2,(H,22,23);/q;+1/p-1. The van der Waals surface area contributed by atoms with Gasteiger partial charge < -0.3 is 19.9 Å². The second kappa shape index (κ2) is 11.4. The van der Waals surface area contributed by atoms with Gasteiger partial charge in [-0.15, -0.1) is 0 Å². The predicted molar refractivity (Wildman–Crippen MR) is 84.2 cm³/mol. The third-order valence-electron chi connectivity index (χ3n) is 4.38. The van der Waals surface area contributed by atoms with Gasteiger partial charge in [0.15, 0.2) is 0 Å². The van der Waals surface area contributed by atoms with Crippen LogP contribution in [0.3, 0.4) is 0 Å². The average molecular weight is 357 g/mol. The van der Waals surface area contributed by atoms with Crippen LogP contribution in [0.1, 0.15) is 43.2 Å². The number of benzene rings is 1. The molecule has 1 aliphatic heterocycles. The molecule has 1 heterocycles. The minimum Gasteiger partial charge on any atom is -0.550 e. The van der Waals surface area contributed by atoms with E-state index in [1.165, 1.54) is 5.56 Å². The number of carbonyl (C=O) groups is 2. The van der Waals surface area contributed by atoms with E-state index in [-0.39, 0.29) is 76.7 Å². The number of aliphatic hydroxyl groups is 1. The minimum atomic E-state index is -1.23. The molecule has 6 heteroatoms. The molecule has 1 aromatic rings. The molecule has 0 saturated heterocycles. The van der Waals surface area contributed by atoms with Gasteiger partial charge >= 0.3 is 51.4 Å². The Bertz CT molecular complexity index is 550. The zero-order chi connectivity index (χ0) is 16.7. The maximum Gasteiger partial charge on any atom is 1.00 e. The molecule has 1 amide bonds. The van der Waals surface area contributed by atoms with Crippen molar-refractivity contribution in [1.29, 1.82) is 0 Å². The Morgan fingerprint density at radius 1 is 1.12 bits per heavy atom. The van der Waals surface area contributed by atoms with Crippen molar-refractivity contribution in [3.05, 3.63) is 35.4 Å². The van der Waals surface area contributed by atoms with E-state index in [0.717, 1.165) is 31.2 Å². The van der Waals surface area contributed by atoms with Crippen molar-refractivity contribution in [2.75, 3.05) is 13.2 Å². The largest absolute Gasteiger partial charge is 1.00 e. The van der Waals surface area contributed by atoms with E-state index in [9.17, 15) is 19.8 Å². The van der Waals surface area contributed by atoms with E-state index in [1.807, 2.05) is 18.2 Å². The van der Waals surface area contributed by atoms with Crippen LogP contribution in [0.4, 0.5) is 0 Å². The van der Waals surface area contributed by atoms with Gasteiger partial charge in [-0.05, 0) is 42.7 Å². The van der Waals surface area contributed by atoms with Gasteiger partial charge in [0.25, 0.3) is 0 Å². The summed E-state index contributed by atoms with van der Waals surface area (Å²) in [5.74, 6) is -1.90. The Morgan fingerprint density at radius 2 is 1.83 bits per heavy atom. The summed E-state index contributed by atoms with van der Waals surface area (Å²) < 4.78 is 0. The number of carboxylic acids is 1. The molecule has 0 radical (unpaired) electrons. The molecule has 0 spiro atoms. The molecular formula is C18H24KNO4. The van der Waals surface area contributed by atoms with Gasteiger partial charge in [-0.25, -0.2) is 0 Å². The zero-order valence-electron chi connectivity index (χ0n) is 14.4. The van der Waals surface area contributed by atoms with Crippen molar-refractivity contribution >= 4 is 11.9 Å². The van der Waals surface area contributed by atoms with Crippen LogP contribution < -0.4 is 56.5 Å². The molecule has 0 fully saturated rings. The summed E-state index contributed by atoms with van der Waals surface area (Å²) in [6.07, 6.45) is 3.93. The van der Waals surface area contributed by atoms with Crippen molar-refractivity contribution < 1.29 is 71.2 Å². The van der Waals surface area contributed by atoms with E-state index in [1.54, 1.807) is 4.90 Å². The van der Waals surface area contributed by atoms with Gasteiger partial charge in [0, 0.05) is 32.1 Å². The van der Waals surface area contributed by atoms with Crippen molar-refractivity contribution in [1.82, 2.24) is 4.90 Å². The molecule has 2 rings (SSSR count). The smallest absolute Gasteiger partial charge is 0.550 e. The number of carbonyl (C=O) groups excluding carboxylic acids is 2. The molecule has 5 nitrogen and oxygen atoms in total. The fourth-order valence-corrected chi connectivity index (χ4v) is 3.06. The molecular weight excluding hydrogens is 333 g/mol. The Hall–Kier alpha value is -0.244. The fourth-order valence-electron chi connectivity index (χ4n) is 3.06. The van der Waals surface area contributed by atoms with Crippen molar-refractivity contribution in [3.8, 4) is 0 Å². The maximum atomic E-state index is 12.5. The number of rotatable bonds is 5. The second-order valence-electron chi connectivity index (χ2n) is 6.22. The second-order valence-corrected chi connectivity index (χ2v) is 6.22. The molecule has 0 saturated carbocycles. The summed E-state index contributed by atoms with van der Waals surface area (Å²) in [6.45, 7) is 0.916. The van der Waals surface area contributed by atoms with Gasteiger partial charge in [-0.2, -0.15) is 0 Å². The molecule has 1 atom stereocenters. The number of carboxylic acid groups (broad SMARTS) is 1. The molecule has 1 aromatic carbocycles. The normalized spacial score (nSPS) is 16.0. The third kappa shape index (κ3) is 6.94. The first-order valence-corrected chi connectivity index (χ1v) is 8.25. The number of hydrogen-bond donors (Lipinski definition) is 1. The number of hydrogen-bond acceptors (Lipinski definition) is 4. The van der Waals surface area contributed by atoms with Gasteiger partial charge in [0.1, 0.15) is 0 Å². The SMILES string of the molecule is O=C([O-])CC(CO)CC(=O)N1CCCCCc2ccccc2C1.[K+]. The minimum absolute atomic E-state index is 0. The van der Waals surface area contributed by atoms with E-state index in [2.05, 4.69) is 6.07 Å². The molecule has 1 unspecified atom stereocenters. The van der Waals surface area contributed by atoms with Crippen LogP contribution in [0.15, 0.2) is 24.3 Å². The first kappa shape index (κ1) is 21.8. The summed E-state index contributed by atoms with van der Waals surface area (Å²) >= 11 is 0. The Labute approximate surface area is 185 Å². The monoisotopic (exact) mass is 357 g/mol. The number of fused-ring (bicyclic) bond motifs is 1. The molecule has 0 aromatic heterocycles. The summed E-state index contributed by atoms with van der Waals surface area (Å²) in [6, 6.07) is 8.15. The van der Waals surface area contributed by atoms with Crippen LogP contribution >= 0.6 is 0 Å². The molecule has 1 N–H and O–H groups in total. The van der Waals surface area contributed by atoms with Crippen LogP contribution in [-0.4, -0.2) is 35.0 Å². The van der Waals surface area contributed by atoms with Gasteiger partial charge in [-0.3, -0.25) is 4.79 Å². The molecule has 126 valence electrons. The van der Waals surface area contributed by atoms with E-state index < -0.39 is 11.9 Å². The van der Waals surface area contributed by atoms with Crippen molar-refractivity contribution in [2.24, 2.45) is 5.92 Å². The number of nitrogens with zero attached hydrogens (tertiary/aromatic N) is 1. The molecule has 1 aliphatic rings. The Balaban J connectivity index is 0.00000288. The van der Waals surface area contributed by atoms with E-state index in [4.69, 9.17) is 0 Å². The quantitative estimate of drug-likeness (QED) is 0.612. The number of aliphatic carboxylic acids is 1. The van der Waals surface area contributed by atoms with Crippen LogP contribution in [0.5, 0.6) is 0 Å². The van der Waals surface area contributed by atoms with Gasteiger partial charge in [0.05, 0.1) is 0 Å². The maximum absolute atomic E-state index is 12.5. The summed E-state index contributed by atoms with van der Waals surface area (Å²) in [4.78, 5) is 25.0. The van der Waals surface area contributed by atoms with Crippen molar-refractivity contribution in [3.63, 3.8) is 0 Å². The number of aliphatic hydroxyl groups excluding tert-OH is 1. The van der Waals surface area contributed by atoms with Crippen LogP contribution in [0.2, 0.25) is 0 Å². The third-order valence-corrected chi connectivity index (χ3v) is 4.38. The molecule has 24 heavy (non-hydrogen) atoms. The fraction of sp³-hybridized carbons (Fsp3) is 0.556. The molecule has 0 bridgehead atoms. The topological polar surface area (TPSA) is 80.7 Å². The summed E-state index contributed by atoms with van der Waals surface area (Å²) in [5.41, 5.74) is 2.43. The Morgan fingerprint density at radius 3 is 2.50 bits per heavy atom. The number of amides is 1.